The monoisotopic (exact) mass is 200 g/mol. The lowest BCUT2D eigenvalue weighted by Gasteiger charge is -2.07. The quantitative estimate of drug-likeness (QED) is 0.669. The van der Waals surface area contributed by atoms with Gasteiger partial charge >= 0.3 is 0 Å². The second-order valence-electron chi connectivity index (χ2n) is 3.18. The van der Waals surface area contributed by atoms with Gasteiger partial charge < -0.3 is 0 Å². The summed E-state index contributed by atoms with van der Waals surface area (Å²) in [6, 6.07) is 2.07. The van der Waals surface area contributed by atoms with E-state index in [0.29, 0.717) is 5.38 Å². The fourth-order valence-corrected chi connectivity index (χ4v) is 1.47. The van der Waals surface area contributed by atoms with Crippen molar-refractivity contribution in [3.63, 3.8) is 0 Å². The number of nitrogens with zero attached hydrogens (tertiary/aromatic N) is 2. The summed E-state index contributed by atoms with van der Waals surface area (Å²) in [5.41, 5.74) is 1.29. The van der Waals surface area contributed by atoms with Crippen LogP contribution in [0, 0.1) is 0 Å². The highest BCUT2D eigenvalue weighted by molar-refractivity contribution is 6.20. The van der Waals surface area contributed by atoms with E-state index in [0.717, 1.165) is 25.8 Å². The summed E-state index contributed by atoms with van der Waals surface area (Å²) in [6.45, 7) is 5.17. The van der Waals surface area contributed by atoms with Crippen LogP contribution < -0.4 is 0 Å². The van der Waals surface area contributed by atoms with Crippen LogP contribution in [0.15, 0.2) is 12.3 Å². The summed E-state index contributed by atoms with van der Waals surface area (Å²) in [5.74, 6) is 0. The van der Waals surface area contributed by atoms with Crippen molar-refractivity contribution < 1.29 is 0 Å². The van der Waals surface area contributed by atoms with Crippen molar-refractivity contribution >= 4 is 11.6 Å². The molecule has 1 unspecified atom stereocenters. The second-order valence-corrected chi connectivity index (χ2v) is 3.80. The largest absolute Gasteiger partial charge is 0.270 e. The van der Waals surface area contributed by atoms with Crippen LogP contribution in [0.5, 0.6) is 0 Å². The predicted molar refractivity (Wildman–Crippen MR) is 56.2 cm³/mol. The topological polar surface area (TPSA) is 17.8 Å². The minimum Gasteiger partial charge on any atom is -0.270 e. The maximum absolute atomic E-state index is 6.05. The lowest BCUT2D eigenvalue weighted by molar-refractivity contribution is 0.601. The molecule has 0 spiro atoms. The van der Waals surface area contributed by atoms with E-state index in [4.69, 9.17) is 11.6 Å². The summed E-state index contributed by atoms with van der Waals surface area (Å²) >= 11 is 6.05. The molecule has 1 aromatic heterocycles. The van der Waals surface area contributed by atoms with Gasteiger partial charge in [0.2, 0.25) is 0 Å². The maximum Gasteiger partial charge on any atom is 0.0492 e. The zero-order chi connectivity index (χ0) is 9.68. The normalized spacial score (nSPS) is 13.2. The molecule has 13 heavy (non-hydrogen) atoms. The van der Waals surface area contributed by atoms with E-state index in [2.05, 4.69) is 25.0 Å². The van der Waals surface area contributed by atoms with E-state index in [9.17, 15) is 0 Å². The molecule has 1 aromatic rings. The number of rotatable bonds is 5. The molecular formula is C10H17ClN2. The molecule has 0 fully saturated rings. The van der Waals surface area contributed by atoms with Gasteiger partial charge in [0, 0.05) is 23.8 Å². The van der Waals surface area contributed by atoms with Gasteiger partial charge in [0.25, 0.3) is 0 Å². The summed E-state index contributed by atoms with van der Waals surface area (Å²) in [6.07, 6.45) is 4.98. The molecule has 1 rings (SSSR count). The Morgan fingerprint density at radius 3 is 2.92 bits per heavy atom. The van der Waals surface area contributed by atoms with Crippen LogP contribution in [0.1, 0.15) is 32.4 Å². The highest BCUT2D eigenvalue weighted by Crippen LogP contribution is 2.11. The molecule has 0 amide bonds. The molecule has 0 aliphatic heterocycles. The molecule has 2 nitrogen and oxygen atoms in total. The summed E-state index contributed by atoms with van der Waals surface area (Å²) < 4.78 is 2.03. The molecule has 74 valence electrons. The second kappa shape index (κ2) is 5.28. The van der Waals surface area contributed by atoms with Crippen molar-refractivity contribution in [2.24, 2.45) is 0 Å². The van der Waals surface area contributed by atoms with E-state index < -0.39 is 0 Å². The van der Waals surface area contributed by atoms with Crippen LogP contribution in [0.2, 0.25) is 0 Å². The lowest BCUT2D eigenvalue weighted by Crippen LogP contribution is -2.05. The number of aromatic nitrogens is 2. The first-order chi connectivity index (χ1) is 6.27. The molecule has 0 saturated heterocycles. The summed E-state index contributed by atoms with van der Waals surface area (Å²) in [4.78, 5) is 0. The molecule has 0 radical (unpaired) electrons. The molecule has 0 aliphatic rings. The highest BCUT2D eigenvalue weighted by atomic mass is 35.5. The maximum atomic E-state index is 6.05. The first-order valence-corrected chi connectivity index (χ1v) is 5.36. The van der Waals surface area contributed by atoms with E-state index in [1.54, 1.807) is 0 Å². The van der Waals surface area contributed by atoms with Gasteiger partial charge in [0.15, 0.2) is 0 Å². The Bertz CT molecular complexity index is 245. The summed E-state index contributed by atoms with van der Waals surface area (Å²) in [7, 11) is 0. The van der Waals surface area contributed by atoms with Gasteiger partial charge in [-0.25, -0.2) is 0 Å². The zero-order valence-electron chi connectivity index (χ0n) is 8.33. The molecule has 0 aliphatic carbocycles. The number of alkyl halides is 1. The van der Waals surface area contributed by atoms with Gasteiger partial charge in [0.05, 0.1) is 0 Å². The molecule has 0 bridgehead atoms. The lowest BCUT2D eigenvalue weighted by atomic mass is 10.1. The molecule has 0 aromatic carbocycles. The van der Waals surface area contributed by atoms with Gasteiger partial charge in [-0.3, -0.25) is 4.68 Å². The third-order valence-electron chi connectivity index (χ3n) is 2.26. The smallest absolute Gasteiger partial charge is 0.0492 e. The fourth-order valence-electron chi connectivity index (χ4n) is 1.37. The van der Waals surface area contributed by atoms with Crippen molar-refractivity contribution in [3.8, 4) is 0 Å². The van der Waals surface area contributed by atoms with Crippen LogP contribution >= 0.6 is 11.6 Å². The minimum absolute atomic E-state index is 0.306. The van der Waals surface area contributed by atoms with Crippen LogP contribution in [0.4, 0.5) is 0 Å². The third-order valence-corrected chi connectivity index (χ3v) is 2.79. The molecule has 0 saturated carbocycles. The molecule has 3 heteroatoms. The number of aryl methyl sites for hydroxylation is 2. The van der Waals surface area contributed by atoms with Crippen LogP contribution in [0.25, 0.3) is 0 Å². The van der Waals surface area contributed by atoms with Crippen LogP contribution in [-0.2, 0) is 13.0 Å². The average Bonchev–Trinajstić information content (AvgIpc) is 2.61. The number of hydrogen-bond donors (Lipinski definition) is 0. The van der Waals surface area contributed by atoms with Crippen molar-refractivity contribution in [1.29, 1.82) is 0 Å². The Labute approximate surface area is 84.9 Å². The minimum atomic E-state index is 0.306. The van der Waals surface area contributed by atoms with Gasteiger partial charge in [-0.1, -0.05) is 6.92 Å². The van der Waals surface area contributed by atoms with E-state index in [-0.39, 0.29) is 0 Å². The molecule has 1 heterocycles. The van der Waals surface area contributed by atoms with Gasteiger partial charge in [-0.05, 0) is 32.3 Å². The van der Waals surface area contributed by atoms with Gasteiger partial charge in [-0.2, -0.15) is 5.10 Å². The number of halogens is 1. The van der Waals surface area contributed by atoms with Crippen LogP contribution in [-0.4, -0.2) is 15.2 Å². The van der Waals surface area contributed by atoms with Crippen molar-refractivity contribution in [2.75, 3.05) is 0 Å². The summed E-state index contributed by atoms with van der Waals surface area (Å²) in [5, 5.41) is 4.52. The van der Waals surface area contributed by atoms with E-state index >= 15 is 0 Å². The predicted octanol–water partition coefficient (Wildman–Crippen LogP) is 2.85. The number of hydrogen-bond acceptors (Lipinski definition) is 1. The Balaban J connectivity index is 2.44. The first-order valence-electron chi connectivity index (χ1n) is 4.92. The zero-order valence-corrected chi connectivity index (χ0v) is 9.09. The fraction of sp³-hybridized carbons (Fsp3) is 0.700. The van der Waals surface area contributed by atoms with E-state index in [1.807, 2.05) is 10.9 Å². The van der Waals surface area contributed by atoms with Gasteiger partial charge in [0.1, 0.15) is 0 Å². The Kier molecular flexibility index (Phi) is 4.29. The first kappa shape index (κ1) is 10.6. The van der Waals surface area contributed by atoms with Crippen molar-refractivity contribution in [3.05, 3.63) is 18.0 Å². The SMILES string of the molecule is CCC(Cl)CCc1ccnn1CC. The average molecular weight is 201 g/mol. The Hall–Kier alpha value is -0.500. The third kappa shape index (κ3) is 3.03. The molecule has 0 N–H and O–H groups in total. The Morgan fingerprint density at radius 1 is 1.54 bits per heavy atom. The van der Waals surface area contributed by atoms with Crippen LogP contribution in [0.3, 0.4) is 0 Å². The van der Waals surface area contributed by atoms with Crippen molar-refractivity contribution in [2.45, 2.75) is 45.0 Å². The molecule has 1 atom stereocenters. The van der Waals surface area contributed by atoms with Gasteiger partial charge in [-0.15, -0.1) is 11.6 Å². The standard InChI is InChI=1S/C10H17ClN2/c1-3-9(11)5-6-10-7-8-12-13(10)4-2/h7-9H,3-6H2,1-2H3. The molecular weight excluding hydrogens is 184 g/mol. The van der Waals surface area contributed by atoms with Crippen molar-refractivity contribution in [1.82, 2.24) is 9.78 Å². The highest BCUT2D eigenvalue weighted by Gasteiger charge is 2.04. The Morgan fingerprint density at radius 2 is 2.31 bits per heavy atom. The van der Waals surface area contributed by atoms with E-state index in [1.165, 1.54) is 5.69 Å².